The van der Waals surface area contributed by atoms with E-state index < -0.39 is 11.7 Å². The van der Waals surface area contributed by atoms with Crippen molar-refractivity contribution in [3.8, 4) is 0 Å². The maximum Gasteiger partial charge on any atom is 0.416 e. The number of anilines is 2. The van der Waals surface area contributed by atoms with E-state index in [1.807, 2.05) is 0 Å². The minimum absolute atomic E-state index is 0.0174. The van der Waals surface area contributed by atoms with Gasteiger partial charge in [0.15, 0.2) is 0 Å². The Hall–Kier alpha value is -2.09. The first-order valence-corrected chi connectivity index (χ1v) is 6.42. The number of halogens is 3. The minimum atomic E-state index is -4.35. The van der Waals surface area contributed by atoms with E-state index in [1.165, 1.54) is 18.5 Å². The van der Waals surface area contributed by atoms with Crippen LogP contribution in [0.5, 0.6) is 0 Å². The van der Waals surface area contributed by atoms with E-state index in [4.69, 9.17) is 0 Å². The molecular formula is C13H13F3N4O. The summed E-state index contributed by atoms with van der Waals surface area (Å²) >= 11 is 0. The van der Waals surface area contributed by atoms with E-state index in [1.54, 1.807) is 9.58 Å². The normalized spacial score (nSPS) is 18.7. The summed E-state index contributed by atoms with van der Waals surface area (Å²) in [5, 5.41) is 13.4. The van der Waals surface area contributed by atoms with Gasteiger partial charge >= 0.3 is 6.18 Å². The molecule has 0 bridgehead atoms. The Bertz CT molecular complexity index is 623. The lowest BCUT2D eigenvalue weighted by molar-refractivity contribution is -0.137. The zero-order chi connectivity index (χ0) is 15.0. The zero-order valence-electron chi connectivity index (χ0n) is 11.0. The first-order valence-electron chi connectivity index (χ1n) is 6.42. The number of aliphatic hydroxyl groups excluding tert-OH is 1. The maximum absolute atomic E-state index is 12.6. The van der Waals surface area contributed by atoms with Crippen molar-refractivity contribution in [2.75, 3.05) is 18.1 Å². The first-order chi connectivity index (χ1) is 9.99. The van der Waals surface area contributed by atoms with Gasteiger partial charge in [-0.15, -0.1) is 0 Å². The number of hydrogen-bond acceptors (Lipinski definition) is 4. The van der Waals surface area contributed by atoms with Crippen LogP contribution >= 0.6 is 0 Å². The van der Waals surface area contributed by atoms with E-state index in [-0.39, 0.29) is 12.5 Å². The second-order valence-electron chi connectivity index (χ2n) is 4.95. The van der Waals surface area contributed by atoms with Crippen LogP contribution < -0.4 is 4.90 Å². The Morgan fingerprint density at radius 2 is 1.90 bits per heavy atom. The highest BCUT2D eigenvalue weighted by molar-refractivity contribution is 5.58. The average molecular weight is 298 g/mol. The molecule has 8 heteroatoms. The number of fused-ring (bicyclic) bond motifs is 1. The van der Waals surface area contributed by atoms with Crippen LogP contribution in [-0.4, -0.2) is 33.0 Å². The van der Waals surface area contributed by atoms with Gasteiger partial charge in [-0.05, 0) is 24.3 Å². The highest BCUT2D eigenvalue weighted by Crippen LogP contribution is 2.33. The van der Waals surface area contributed by atoms with Gasteiger partial charge in [0, 0.05) is 24.8 Å². The van der Waals surface area contributed by atoms with Gasteiger partial charge in [0.1, 0.15) is 6.33 Å². The molecule has 5 nitrogen and oxygen atoms in total. The topological polar surface area (TPSA) is 54.2 Å². The molecule has 1 aliphatic heterocycles. The molecular weight excluding hydrogens is 285 g/mol. The smallest absolute Gasteiger partial charge is 0.396 e. The van der Waals surface area contributed by atoms with Crippen molar-refractivity contribution in [2.45, 2.75) is 12.7 Å². The Morgan fingerprint density at radius 3 is 2.52 bits per heavy atom. The van der Waals surface area contributed by atoms with E-state index >= 15 is 0 Å². The second kappa shape index (κ2) is 5.03. The summed E-state index contributed by atoms with van der Waals surface area (Å²) < 4.78 is 39.4. The van der Waals surface area contributed by atoms with Gasteiger partial charge in [-0.25, -0.2) is 4.68 Å². The molecule has 1 N–H and O–H groups in total. The van der Waals surface area contributed by atoms with Crippen LogP contribution in [-0.2, 0) is 12.7 Å². The van der Waals surface area contributed by atoms with Crippen LogP contribution in [0.1, 0.15) is 5.56 Å². The Morgan fingerprint density at radius 1 is 1.19 bits per heavy atom. The fraction of sp³-hybridized carbons (Fsp3) is 0.385. The molecule has 1 aromatic carbocycles. The average Bonchev–Trinajstić information content (AvgIpc) is 2.93. The summed E-state index contributed by atoms with van der Waals surface area (Å²) in [6, 6.07) is 4.89. The lowest BCUT2D eigenvalue weighted by Crippen LogP contribution is -2.37. The van der Waals surface area contributed by atoms with Gasteiger partial charge in [-0.1, -0.05) is 0 Å². The molecule has 3 rings (SSSR count). The monoisotopic (exact) mass is 298 g/mol. The van der Waals surface area contributed by atoms with Gasteiger partial charge in [0.2, 0.25) is 5.95 Å². The summed E-state index contributed by atoms with van der Waals surface area (Å²) in [6.07, 6.45) is -2.96. The van der Waals surface area contributed by atoms with E-state index in [0.29, 0.717) is 24.7 Å². The quantitative estimate of drug-likeness (QED) is 0.922. The molecule has 1 aliphatic rings. The van der Waals surface area contributed by atoms with Gasteiger partial charge in [0.05, 0.1) is 12.1 Å². The van der Waals surface area contributed by atoms with E-state index in [2.05, 4.69) is 10.1 Å². The molecule has 2 heterocycles. The molecule has 2 aromatic rings. The molecule has 0 radical (unpaired) electrons. The van der Waals surface area contributed by atoms with Crippen molar-refractivity contribution in [1.82, 2.24) is 14.8 Å². The predicted molar refractivity (Wildman–Crippen MR) is 69.0 cm³/mol. The third kappa shape index (κ3) is 2.58. The number of benzene rings is 1. The third-order valence-corrected chi connectivity index (χ3v) is 3.47. The molecule has 1 atom stereocenters. The minimum Gasteiger partial charge on any atom is -0.396 e. The largest absolute Gasteiger partial charge is 0.416 e. The van der Waals surface area contributed by atoms with Crippen molar-refractivity contribution >= 4 is 11.6 Å². The predicted octanol–water partition coefficient (Wildman–Crippen LogP) is 2.06. The molecule has 0 amide bonds. The number of aromatic nitrogens is 3. The van der Waals surface area contributed by atoms with Gasteiger partial charge < -0.3 is 10.0 Å². The number of hydrogen-bond donors (Lipinski definition) is 1. The van der Waals surface area contributed by atoms with Crippen LogP contribution in [0.15, 0.2) is 30.6 Å². The van der Waals surface area contributed by atoms with Crippen LogP contribution in [0.2, 0.25) is 0 Å². The zero-order valence-corrected chi connectivity index (χ0v) is 11.0. The molecule has 0 aliphatic carbocycles. The molecule has 1 unspecified atom stereocenters. The molecule has 0 saturated carbocycles. The third-order valence-electron chi connectivity index (χ3n) is 3.47. The Labute approximate surface area is 118 Å². The van der Waals surface area contributed by atoms with Crippen LogP contribution in [0.3, 0.4) is 0 Å². The summed E-state index contributed by atoms with van der Waals surface area (Å²) in [4.78, 5) is 5.89. The van der Waals surface area contributed by atoms with Crippen molar-refractivity contribution in [2.24, 2.45) is 5.92 Å². The van der Waals surface area contributed by atoms with Crippen molar-refractivity contribution in [3.05, 3.63) is 36.2 Å². The van der Waals surface area contributed by atoms with Crippen LogP contribution in [0.25, 0.3) is 0 Å². The van der Waals surface area contributed by atoms with E-state index in [9.17, 15) is 18.3 Å². The maximum atomic E-state index is 12.6. The SMILES string of the molecule is OCC1CN(c2ccc(C(F)(F)F)cc2)c2ncnn2C1. The fourth-order valence-corrected chi connectivity index (χ4v) is 2.40. The second-order valence-corrected chi connectivity index (χ2v) is 4.95. The van der Waals surface area contributed by atoms with E-state index in [0.717, 1.165) is 12.1 Å². The number of rotatable bonds is 2. The summed E-state index contributed by atoms with van der Waals surface area (Å²) in [5.41, 5.74) is -0.0983. The molecule has 0 spiro atoms. The molecule has 1 aromatic heterocycles. The highest BCUT2D eigenvalue weighted by atomic mass is 19.4. The van der Waals surface area contributed by atoms with Crippen LogP contribution in [0.4, 0.5) is 24.8 Å². The van der Waals surface area contributed by atoms with Crippen molar-refractivity contribution in [3.63, 3.8) is 0 Å². The number of aliphatic hydroxyl groups is 1. The molecule has 112 valence electrons. The van der Waals surface area contributed by atoms with Crippen LogP contribution in [0, 0.1) is 5.92 Å². The highest BCUT2D eigenvalue weighted by Gasteiger charge is 2.31. The molecule has 0 fully saturated rings. The fourth-order valence-electron chi connectivity index (χ4n) is 2.40. The summed E-state index contributed by atoms with van der Waals surface area (Å²) in [6.45, 7) is 1.01. The molecule has 0 saturated heterocycles. The number of nitrogens with zero attached hydrogens (tertiary/aromatic N) is 4. The summed E-state index contributed by atoms with van der Waals surface area (Å²) in [5.74, 6) is 0.529. The number of alkyl halides is 3. The Balaban J connectivity index is 1.93. The van der Waals surface area contributed by atoms with Gasteiger partial charge in [-0.3, -0.25) is 0 Å². The van der Waals surface area contributed by atoms with Crippen molar-refractivity contribution < 1.29 is 18.3 Å². The first kappa shape index (κ1) is 13.9. The Kier molecular flexibility index (Phi) is 3.32. The lowest BCUT2D eigenvalue weighted by Gasteiger charge is -2.32. The molecule has 21 heavy (non-hydrogen) atoms. The van der Waals surface area contributed by atoms with Gasteiger partial charge in [0.25, 0.3) is 0 Å². The van der Waals surface area contributed by atoms with Crippen molar-refractivity contribution in [1.29, 1.82) is 0 Å². The van der Waals surface area contributed by atoms with Gasteiger partial charge in [-0.2, -0.15) is 23.3 Å². The summed E-state index contributed by atoms with van der Waals surface area (Å²) in [7, 11) is 0. The standard InChI is InChI=1S/C13H13F3N4O/c14-13(15,16)10-1-3-11(4-2-10)19-5-9(7-21)6-20-12(19)17-8-18-20/h1-4,8-9,21H,5-7H2. The lowest BCUT2D eigenvalue weighted by atomic mass is 10.1.